The van der Waals surface area contributed by atoms with Crippen molar-refractivity contribution < 1.29 is 14.3 Å². The van der Waals surface area contributed by atoms with E-state index in [-0.39, 0.29) is 12.0 Å². The Bertz CT molecular complexity index is 365. The van der Waals surface area contributed by atoms with Crippen molar-refractivity contribution in [3.8, 4) is 0 Å². The van der Waals surface area contributed by atoms with Gasteiger partial charge in [0.15, 0.2) is 0 Å². The van der Waals surface area contributed by atoms with Crippen LogP contribution in [0.15, 0.2) is 0 Å². The van der Waals surface area contributed by atoms with E-state index in [2.05, 4.69) is 5.32 Å². The molecule has 0 spiro atoms. The van der Waals surface area contributed by atoms with Crippen LogP contribution in [0.5, 0.6) is 0 Å². The van der Waals surface area contributed by atoms with Crippen molar-refractivity contribution in [1.82, 2.24) is 10.2 Å². The summed E-state index contributed by atoms with van der Waals surface area (Å²) in [6, 6.07) is 0. The third-order valence-electron chi connectivity index (χ3n) is 4.15. The highest BCUT2D eigenvalue weighted by molar-refractivity contribution is 5.68. The molecule has 2 saturated heterocycles. The molecular weight excluding hydrogens is 256 g/mol. The van der Waals surface area contributed by atoms with E-state index in [0.717, 1.165) is 45.3 Å². The number of hydrogen-bond acceptors (Lipinski definition) is 4. The van der Waals surface area contributed by atoms with Gasteiger partial charge in [-0.15, -0.1) is 0 Å². The number of nitrogens with zero attached hydrogens (tertiary/aromatic N) is 1. The number of carbonyl (C=O) groups is 2. The Balaban J connectivity index is 1.85. The van der Waals surface area contributed by atoms with Gasteiger partial charge in [0.05, 0.1) is 0 Å². The summed E-state index contributed by atoms with van der Waals surface area (Å²) in [6.07, 6.45) is 2.80. The van der Waals surface area contributed by atoms with Crippen LogP contribution in [0.2, 0.25) is 0 Å². The Labute approximate surface area is 121 Å². The molecule has 2 aliphatic heterocycles. The molecule has 5 nitrogen and oxygen atoms in total. The van der Waals surface area contributed by atoms with Gasteiger partial charge in [-0.25, -0.2) is 4.79 Å². The highest BCUT2D eigenvalue weighted by atomic mass is 16.6. The summed E-state index contributed by atoms with van der Waals surface area (Å²) in [5, 5.41) is 3.33. The van der Waals surface area contributed by atoms with Crippen LogP contribution >= 0.6 is 0 Å². The zero-order chi connectivity index (χ0) is 14.8. The highest BCUT2D eigenvalue weighted by Gasteiger charge is 2.35. The summed E-state index contributed by atoms with van der Waals surface area (Å²) in [5.74, 6) is 1.11. The third kappa shape index (κ3) is 3.95. The van der Waals surface area contributed by atoms with E-state index in [9.17, 15) is 9.59 Å². The molecule has 0 aromatic carbocycles. The van der Waals surface area contributed by atoms with E-state index in [4.69, 9.17) is 4.74 Å². The van der Waals surface area contributed by atoms with Crippen molar-refractivity contribution in [2.75, 3.05) is 26.2 Å². The second-order valence-corrected chi connectivity index (χ2v) is 7.03. The largest absolute Gasteiger partial charge is 0.444 e. The van der Waals surface area contributed by atoms with Gasteiger partial charge in [0, 0.05) is 25.6 Å². The number of carbonyl (C=O) groups excluding carboxylic acids is 2. The molecule has 5 heteroatoms. The van der Waals surface area contributed by atoms with Crippen molar-refractivity contribution in [1.29, 1.82) is 0 Å². The molecule has 20 heavy (non-hydrogen) atoms. The van der Waals surface area contributed by atoms with Crippen molar-refractivity contribution >= 4 is 12.4 Å². The molecule has 3 atom stereocenters. The van der Waals surface area contributed by atoms with Crippen LogP contribution in [-0.2, 0) is 9.53 Å². The summed E-state index contributed by atoms with van der Waals surface area (Å²) >= 11 is 0. The third-order valence-corrected chi connectivity index (χ3v) is 4.15. The zero-order valence-corrected chi connectivity index (χ0v) is 12.7. The van der Waals surface area contributed by atoms with Crippen molar-refractivity contribution in [2.45, 2.75) is 39.2 Å². The van der Waals surface area contributed by atoms with Crippen LogP contribution in [0, 0.1) is 17.8 Å². The molecule has 0 saturated carbocycles. The number of ether oxygens (including phenoxy) is 1. The first-order chi connectivity index (χ1) is 9.39. The summed E-state index contributed by atoms with van der Waals surface area (Å²) in [7, 11) is 0. The molecule has 2 fully saturated rings. The fourth-order valence-corrected chi connectivity index (χ4v) is 3.14. The number of aldehydes is 1. The monoisotopic (exact) mass is 282 g/mol. The molecule has 2 aliphatic rings. The Hall–Kier alpha value is -1.10. The Morgan fingerprint density at radius 3 is 2.70 bits per heavy atom. The standard InChI is InChI=1S/C15H26N2O3/c1-15(2,3)20-14(19)17-5-4-12(9-17)13-6-11(10-18)7-16-8-13/h10-13,16H,4-9H2,1-3H3. The molecule has 0 bridgehead atoms. The fourth-order valence-electron chi connectivity index (χ4n) is 3.14. The van der Waals surface area contributed by atoms with Crippen LogP contribution in [0.4, 0.5) is 4.79 Å². The van der Waals surface area contributed by atoms with Gasteiger partial charge in [0.25, 0.3) is 0 Å². The molecule has 2 heterocycles. The first-order valence-corrected chi connectivity index (χ1v) is 7.53. The lowest BCUT2D eigenvalue weighted by Gasteiger charge is -2.31. The number of hydrogen-bond donors (Lipinski definition) is 1. The number of nitrogens with one attached hydrogen (secondary N) is 1. The van der Waals surface area contributed by atoms with Crippen LogP contribution in [0.25, 0.3) is 0 Å². The molecule has 114 valence electrons. The van der Waals surface area contributed by atoms with E-state index < -0.39 is 5.60 Å². The van der Waals surface area contributed by atoms with Gasteiger partial charge in [-0.05, 0) is 52.0 Å². The fraction of sp³-hybridized carbons (Fsp3) is 0.867. The van der Waals surface area contributed by atoms with Gasteiger partial charge < -0.3 is 19.7 Å². The van der Waals surface area contributed by atoms with Gasteiger partial charge in [-0.2, -0.15) is 0 Å². The average molecular weight is 282 g/mol. The Morgan fingerprint density at radius 2 is 2.05 bits per heavy atom. The van der Waals surface area contributed by atoms with Gasteiger partial charge in [-0.3, -0.25) is 0 Å². The summed E-state index contributed by atoms with van der Waals surface area (Å²) in [6.45, 7) is 8.93. The molecule has 0 aliphatic carbocycles. The Kier molecular flexibility index (Phi) is 4.68. The average Bonchev–Trinajstić information content (AvgIpc) is 2.86. The van der Waals surface area contributed by atoms with E-state index in [1.165, 1.54) is 0 Å². The predicted molar refractivity (Wildman–Crippen MR) is 76.4 cm³/mol. The second kappa shape index (κ2) is 6.12. The molecule has 1 N–H and O–H groups in total. The predicted octanol–water partition coefficient (Wildman–Crippen LogP) is 1.67. The summed E-state index contributed by atoms with van der Waals surface area (Å²) in [4.78, 5) is 24.8. The minimum Gasteiger partial charge on any atom is -0.444 e. The Morgan fingerprint density at radius 1 is 1.30 bits per heavy atom. The lowest BCUT2D eigenvalue weighted by molar-refractivity contribution is -0.112. The molecule has 0 aromatic rings. The number of likely N-dealkylation sites (tertiary alicyclic amines) is 1. The summed E-state index contributed by atoms with van der Waals surface area (Å²) in [5.41, 5.74) is -0.440. The van der Waals surface area contributed by atoms with E-state index >= 15 is 0 Å². The lowest BCUT2D eigenvalue weighted by atomic mass is 9.81. The van der Waals surface area contributed by atoms with Crippen LogP contribution in [-0.4, -0.2) is 49.1 Å². The quantitative estimate of drug-likeness (QED) is 0.783. The number of rotatable bonds is 2. The first kappa shape index (κ1) is 15.3. The molecule has 3 unspecified atom stereocenters. The maximum Gasteiger partial charge on any atom is 0.410 e. The topological polar surface area (TPSA) is 58.6 Å². The normalized spacial score (nSPS) is 31.1. The van der Waals surface area contributed by atoms with E-state index in [1.807, 2.05) is 20.8 Å². The van der Waals surface area contributed by atoms with Gasteiger partial charge in [0.1, 0.15) is 11.9 Å². The minimum absolute atomic E-state index is 0.129. The smallest absolute Gasteiger partial charge is 0.410 e. The first-order valence-electron chi connectivity index (χ1n) is 7.53. The van der Waals surface area contributed by atoms with Crippen molar-refractivity contribution in [3.63, 3.8) is 0 Å². The van der Waals surface area contributed by atoms with E-state index in [1.54, 1.807) is 4.90 Å². The van der Waals surface area contributed by atoms with Gasteiger partial charge >= 0.3 is 6.09 Å². The zero-order valence-electron chi connectivity index (χ0n) is 12.7. The van der Waals surface area contributed by atoms with Gasteiger partial charge in [0.2, 0.25) is 0 Å². The molecule has 1 amide bonds. The number of amides is 1. The molecule has 0 aromatic heterocycles. The maximum atomic E-state index is 12.0. The van der Waals surface area contributed by atoms with Crippen LogP contribution in [0.3, 0.4) is 0 Å². The van der Waals surface area contributed by atoms with Gasteiger partial charge in [-0.1, -0.05) is 0 Å². The summed E-state index contributed by atoms with van der Waals surface area (Å²) < 4.78 is 5.41. The second-order valence-electron chi connectivity index (χ2n) is 7.03. The number of piperidine rings is 1. The highest BCUT2D eigenvalue weighted by Crippen LogP contribution is 2.30. The lowest BCUT2D eigenvalue weighted by Crippen LogP contribution is -2.41. The SMILES string of the molecule is CC(C)(C)OC(=O)N1CCC(C2CNCC(C=O)C2)C1. The van der Waals surface area contributed by atoms with Crippen molar-refractivity contribution in [3.05, 3.63) is 0 Å². The maximum absolute atomic E-state index is 12.0. The molecule has 2 rings (SSSR count). The van der Waals surface area contributed by atoms with Crippen molar-refractivity contribution in [2.24, 2.45) is 17.8 Å². The van der Waals surface area contributed by atoms with Crippen LogP contribution in [0.1, 0.15) is 33.6 Å². The molecule has 0 radical (unpaired) electrons. The minimum atomic E-state index is -0.440. The van der Waals surface area contributed by atoms with Crippen LogP contribution < -0.4 is 5.32 Å². The molecular formula is C15H26N2O3. The van der Waals surface area contributed by atoms with E-state index in [0.29, 0.717) is 11.8 Å².